The number of rotatable bonds is 4. The van der Waals surface area contributed by atoms with Crippen LogP contribution in [0.15, 0.2) is 0 Å². The van der Waals surface area contributed by atoms with Crippen molar-refractivity contribution in [3.8, 4) is 0 Å². The molecule has 0 saturated heterocycles. The SMILES string of the molecule is CCNC.CCOC.CCOC.CCOC(C)=O. The van der Waals surface area contributed by atoms with Crippen molar-refractivity contribution in [2.45, 2.75) is 34.6 Å². The summed E-state index contributed by atoms with van der Waals surface area (Å²) in [7, 11) is 5.29. The van der Waals surface area contributed by atoms with Gasteiger partial charge >= 0.3 is 5.97 Å². The lowest BCUT2D eigenvalue weighted by atomic mass is 10.8. The number of hydrogen-bond acceptors (Lipinski definition) is 5. The van der Waals surface area contributed by atoms with E-state index in [-0.39, 0.29) is 5.97 Å². The third-order valence-electron chi connectivity index (χ3n) is 1.28. The number of methoxy groups -OCH3 is 2. The van der Waals surface area contributed by atoms with Gasteiger partial charge in [-0.1, -0.05) is 6.92 Å². The van der Waals surface area contributed by atoms with Crippen molar-refractivity contribution in [3.63, 3.8) is 0 Å². The van der Waals surface area contributed by atoms with E-state index >= 15 is 0 Å². The first kappa shape index (κ1) is 26.0. The van der Waals surface area contributed by atoms with Crippen molar-refractivity contribution in [1.29, 1.82) is 0 Å². The molecule has 0 aliphatic carbocycles. The summed E-state index contributed by atoms with van der Waals surface area (Å²) in [6, 6.07) is 0. The summed E-state index contributed by atoms with van der Waals surface area (Å²) in [5.41, 5.74) is 0. The molecule has 0 unspecified atom stereocenters. The van der Waals surface area contributed by atoms with E-state index in [1.807, 2.05) is 20.9 Å². The van der Waals surface area contributed by atoms with Crippen LogP contribution in [0.25, 0.3) is 0 Å². The predicted molar refractivity (Wildman–Crippen MR) is 77.0 cm³/mol. The average molecular weight is 267 g/mol. The van der Waals surface area contributed by atoms with Crippen molar-refractivity contribution in [3.05, 3.63) is 0 Å². The van der Waals surface area contributed by atoms with Crippen LogP contribution in [0.2, 0.25) is 0 Å². The Bertz CT molecular complexity index is 106. The maximum Gasteiger partial charge on any atom is 0.302 e. The van der Waals surface area contributed by atoms with Gasteiger partial charge in [0.25, 0.3) is 0 Å². The Kier molecular flexibility index (Phi) is 52.0. The zero-order chi connectivity index (χ0) is 15.2. The van der Waals surface area contributed by atoms with Gasteiger partial charge < -0.3 is 19.5 Å². The maximum atomic E-state index is 9.82. The number of carbonyl (C=O) groups is 1. The normalized spacial score (nSPS) is 7.56. The van der Waals surface area contributed by atoms with E-state index in [0.717, 1.165) is 19.8 Å². The van der Waals surface area contributed by atoms with Crippen molar-refractivity contribution < 1.29 is 19.0 Å². The summed E-state index contributed by atoms with van der Waals surface area (Å²) >= 11 is 0. The zero-order valence-electron chi connectivity index (χ0n) is 13.5. The topological polar surface area (TPSA) is 56.8 Å². The van der Waals surface area contributed by atoms with Crippen molar-refractivity contribution in [2.24, 2.45) is 0 Å². The molecule has 0 aromatic heterocycles. The lowest BCUT2D eigenvalue weighted by Crippen LogP contribution is -2.01. The van der Waals surface area contributed by atoms with Gasteiger partial charge in [-0.15, -0.1) is 0 Å². The Morgan fingerprint density at radius 2 is 1.22 bits per heavy atom. The smallest absolute Gasteiger partial charge is 0.302 e. The number of carbonyl (C=O) groups excluding carboxylic acids is 1. The van der Waals surface area contributed by atoms with Gasteiger partial charge in [0.2, 0.25) is 0 Å². The van der Waals surface area contributed by atoms with Gasteiger partial charge in [0.1, 0.15) is 0 Å². The van der Waals surface area contributed by atoms with E-state index in [2.05, 4.69) is 26.5 Å². The molecule has 0 heterocycles. The highest BCUT2D eigenvalue weighted by atomic mass is 16.5. The molecule has 0 aliphatic heterocycles. The highest BCUT2D eigenvalue weighted by Gasteiger charge is 1.81. The first-order chi connectivity index (χ1) is 8.51. The molecule has 0 aromatic rings. The average Bonchev–Trinajstić information content (AvgIpc) is 2.39. The summed E-state index contributed by atoms with van der Waals surface area (Å²) in [5, 5.41) is 2.93. The van der Waals surface area contributed by atoms with Gasteiger partial charge in [-0.05, 0) is 34.4 Å². The molecule has 0 radical (unpaired) electrons. The molecular weight excluding hydrogens is 234 g/mol. The molecule has 0 aliphatic rings. The highest BCUT2D eigenvalue weighted by Crippen LogP contribution is 1.69. The first-order valence-electron chi connectivity index (χ1n) is 6.27. The fourth-order valence-corrected chi connectivity index (χ4v) is 0.203. The van der Waals surface area contributed by atoms with Gasteiger partial charge in [0.15, 0.2) is 0 Å². The van der Waals surface area contributed by atoms with Gasteiger partial charge in [0, 0.05) is 34.4 Å². The Morgan fingerprint density at radius 1 is 0.944 bits per heavy atom. The van der Waals surface area contributed by atoms with Gasteiger partial charge in [-0.2, -0.15) is 0 Å². The number of hydrogen-bond donors (Lipinski definition) is 1. The van der Waals surface area contributed by atoms with Crippen molar-refractivity contribution >= 4 is 5.97 Å². The molecule has 5 heteroatoms. The van der Waals surface area contributed by atoms with Crippen LogP contribution < -0.4 is 5.32 Å². The van der Waals surface area contributed by atoms with Crippen LogP contribution in [0.3, 0.4) is 0 Å². The molecule has 5 nitrogen and oxygen atoms in total. The quantitative estimate of drug-likeness (QED) is 0.791. The second kappa shape index (κ2) is 36.0. The summed E-state index contributed by atoms with van der Waals surface area (Å²) < 4.78 is 13.5. The molecule has 0 aromatic carbocycles. The van der Waals surface area contributed by atoms with E-state index < -0.39 is 0 Å². The van der Waals surface area contributed by atoms with Crippen LogP contribution >= 0.6 is 0 Å². The predicted octanol–water partition coefficient (Wildman–Crippen LogP) is 2.10. The molecule has 0 saturated carbocycles. The van der Waals surface area contributed by atoms with Crippen LogP contribution in [0.4, 0.5) is 0 Å². The number of nitrogens with one attached hydrogen (secondary N) is 1. The molecule has 0 spiro atoms. The van der Waals surface area contributed by atoms with Crippen LogP contribution in [-0.4, -0.2) is 53.6 Å². The summed E-state index contributed by atoms with van der Waals surface area (Å²) in [6.07, 6.45) is 0. The largest absolute Gasteiger partial charge is 0.466 e. The molecule has 114 valence electrons. The second-order valence-electron chi connectivity index (χ2n) is 2.79. The van der Waals surface area contributed by atoms with Crippen LogP contribution in [-0.2, 0) is 19.0 Å². The minimum atomic E-state index is -0.211. The fourth-order valence-electron chi connectivity index (χ4n) is 0.203. The Balaban J connectivity index is -0.0000000742. The van der Waals surface area contributed by atoms with E-state index in [4.69, 9.17) is 0 Å². The number of esters is 1. The molecular formula is C13H33NO4. The lowest BCUT2D eigenvalue weighted by Gasteiger charge is -1.89. The Morgan fingerprint density at radius 3 is 1.22 bits per heavy atom. The van der Waals surface area contributed by atoms with Crippen molar-refractivity contribution in [1.82, 2.24) is 5.32 Å². The van der Waals surface area contributed by atoms with Crippen LogP contribution in [0.5, 0.6) is 0 Å². The Hall–Kier alpha value is -0.650. The summed E-state index contributed by atoms with van der Waals surface area (Å²) in [5.74, 6) is -0.211. The van der Waals surface area contributed by atoms with E-state index in [1.165, 1.54) is 6.92 Å². The lowest BCUT2D eigenvalue weighted by molar-refractivity contribution is -0.140. The third kappa shape index (κ3) is 110. The van der Waals surface area contributed by atoms with E-state index in [1.54, 1.807) is 21.1 Å². The first-order valence-corrected chi connectivity index (χ1v) is 6.27. The standard InChI is InChI=1S/C4H8O2.C3H9N.2C3H8O/c1-3-6-4(2)5;3*1-3-4-2/h3H2,1-2H3;4H,3H2,1-2H3;2*3H2,1-2H3. The minimum absolute atomic E-state index is 0.211. The van der Waals surface area contributed by atoms with Gasteiger partial charge in [0.05, 0.1) is 6.61 Å². The van der Waals surface area contributed by atoms with Crippen molar-refractivity contribution in [2.75, 3.05) is 47.6 Å². The third-order valence-corrected chi connectivity index (χ3v) is 1.28. The molecule has 0 amide bonds. The molecule has 0 atom stereocenters. The van der Waals surface area contributed by atoms with Crippen LogP contribution in [0.1, 0.15) is 34.6 Å². The minimum Gasteiger partial charge on any atom is -0.466 e. The zero-order valence-corrected chi connectivity index (χ0v) is 13.5. The maximum absolute atomic E-state index is 9.82. The number of ether oxygens (including phenoxy) is 3. The van der Waals surface area contributed by atoms with Gasteiger partial charge in [-0.3, -0.25) is 4.79 Å². The molecule has 1 N–H and O–H groups in total. The molecule has 18 heavy (non-hydrogen) atoms. The highest BCUT2D eigenvalue weighted by molar-refractivity contribution is 5.65. The molecule has 0 fully saturated rings. The fraction of sp³-hybridized carbons (Fsp3) is 0.923. The monoisotopic (exact) mass is 267 g/mol. The van der Waals surface area contributed by atoms with E-state index in [9.17, 15) is 4.79 Å². The summed E-state index contributed by atoms with van der Waals surface area (Å²) in [6.45, 7) is 12.3. The molecule has 0 rings (SSSR count). The van der Waals surface area contributed by atoms with E-state index in [0.29, 0.717) is 6.61 Å². The Labute approximate surface area is 113 Å². The van der Waals surface area contributed by atoms with Gasteiger partial charge in [-0.25, -0.2) is 0 Å². The summed E-state index contributed by atoms with van der Waals surface area (Å²) in [4.78, 5) is 9.82. The second-order valence-corrected chi connectivity index (χ2v) is 2.79. The molecule has 0 bridgehead atoms. The van der Waals surface area contributed by atoms with Crippen LogP contribution in [0, 0.1) is 0 Å².